The van der Waals surface area contributed by atoms with Crippen LogP contribution in [0.2, 0.25) is 5.02 Å². The van der Waals surface area contributed by atoms with Gasteiger partial charge in [0.15, 0.2) is 11.5 Å². The first-order valence-electron chi connectivity index (χ1n) is 10.3. The number of anilines is 1. The van der Waals surface area contributed by atoms with Crippen LogP contribution < -0.4 is 10.2 Å². The maximum atomic E-state index is 12.8. The predicted molar refractivity (Wildman–Crippen MR) is 123 cm³/mol. The van der Waals surface area contributed by atoms with Gasteiger partial charge >= 0.3 is 0 Å². The fourth-order valence-corrected chi connectivity index (χ4v) is 3.24. The highest BCUT2D eigenvalue weighted by Gasteiger charge is 2.24. The Bertz CT molecular complexity index is 796. The molecule has 0 unspecified atom stereocenters. The minimum absolute atomic E-state index is 0.0896. The first-order chi connectivity index (χ1) is 15.0. The number of carbonyl (C=O) groups excluding carboxylic acids is 2. The molecule has 0 saturated carbocycles. The summed E-state index contributed by atoms with van der Waals surface area (Å²) in [7, 11) is 3.51. The van der Waals surface area contributed by atoms with E-state index in [4.69, 9.17) is 26.1 Å². The number of benzene rings is 1. The third-order valence-corrected chi connectivity index (χ3v) is 4.88. The average Bonchev–Trinajstić information content (AvgIpc) is 3.15. The summed E-state index contributed by atoms with van der Waals surface area (Å²) in [5.74, 6) is 1.27. The van der Waals surface area contributed by atoms with Crippen molar-refractivity contribution in [1.82, 2.24) is 14.9 Å². The molecule has 1 aromatic heterocycles. The van der Waals surface area contributed by atoms with E-state index in [2.05, 4.69) is 5.32 Å². The topological polar surface area (TPSA) is 96.7 Å². The number of imidazole rings is 1. The number of aliphatic hydroxyl groups is 1. The van der Waals surface area contributed by atoms with Crippen molar-refractivity contribution in [2.75, 3.05) is 45.4 Å². The number of rotatable bonds is 12. The number of halogens is 1. The molecule has 0 fully saturated rings. The van der Waals surface area contributed by atoms with E-state index in [-0.39, 0.29) is 12.5 Å². The van der Waals surface area contributed by atoms with Gasteiger partial charge in [-0.05, 0) is 37.5 Å². The molecule has 0 bridgehead atoms. The molecular weight excluding hydrogens is 420 g/mol. The zero-order valence-corrected chi connectivity index (χ0v) is 19.3. The number of nitrogens with zero attached hydrogens (tertiary/aromatic N) is 3. The van der Waals surface area contributed by atoms with Gasteiger partial charge in [-0.25, -0.2) is 4.98 Å². The Kier molecular flexibility index (Phi) is 12.5. The van der Waals surface area contributed by atoms with Crippen LogP contribution >= 0.6 is 11.6 Å². The second-order valence-electron chi connectivity index (χ2n) is 6.79. The summed E-state index contributed by atoms with van der Waals surface area (Å²) in [5, 5.41) is 12.6. The first kappa shape index (κ1) is 26.6. The second-order valence-corrected chi connectivity index (χ2v) is 7.23. The molecule has 2 aromatic rings. The lowest BCUT2D eigenvalue weighted by Gasteiger charge is -2.18. The second kappa shape index (κ2) is 14.6. The molecule has 31 heavy (non-hydrogen) atoms. The fraction of sp³-hybridized carbons (Fsp3) is 0.500. The number of aryl methyl sites for hydroxylation is 1. The van der Waals surface area contributed by atoms with Crippen LogP contribution in [0.5, 0.6) is 0 Å². The van der Waals surface area contributed by atoms with Gasteiger partial charge < -0.3 is 29.4 Å². The molecule has 9 heteroatoms. The lowest BCUT2D eigenvalue weighted by molar-refractivity contribution is -0.0980. The van der Waals surface area contributed by atoms with Gasteiger partial charge in [-0.3, -0.25) is 4.79 Å². The smallest absolute Gasteiger partial charge is 0.271 e. The highest BCUT2D eigenvalue weighted by atomic mass is 35.5. The zero-order chi connectivity index (χ0) is 23.2. The van der Waals surface area contributed by atoms with Crippen LogP contribution in [0, 0.1) is 0 Å². The molecule has 0 radical (unpaired) electrons. The number of hydrogen-bond acceptors (Lipinski definition) is 6. The summed E-state index contributed by atoms with van der Waals surface area (Å²) < 4.78 is 7.43. The van der Waals surface area contributed by atoms with Gasteiger partial charge in [0.05, 0.1) is 0 Å². The molecule has 2 N–H and O–H groups in total. The maximum Gasteiger partial charge on any atom is 0.271 e. The molecule has 172 valence electrons. The number of aromatic nitrogens is 2. The van der Waals surface area contributed by atoms with Crippen LogP contribution in [0.3, 0.4) is 0 Å². The summed E-state index contributed by atoms with van der Waals surface area (Å²) in [6, 6.07) is 7.59. The number of ether oxygens (including phenoxy) is 1. The van der Waals surface area contributed by atoms with Crippen LogP contribution in [0.25, 0.3) is 0 Å². The van der Waals surface area contributed by atoms with Crippen LogP contribution in [-0.4, -0.2) is 67.8 Å². The Morgan fingerprint density at radius 1 is 1.29 bits per heavy atom. The highest BCUT2D eigenvalue weighted by molar-refractivity contribution is 6.30. The first-order valence-corrected chi connectivity index (χ1v) is 10.6. The monoisotopic (exact) mass is 452 g/mol. The van der Waals surface area contributed by atoms with Crippen molar-refractivity contribution in [2.45, 2.75) is 32.7 Å². The molecule has 0 aliphatic heterocycles. The van der Waals surface area contributed by atoms with Gasteiger partial charge in [0.1, 0.15) is 12.6 Å². The number of amides is 1. The van der Waals surface area contributed by atoms with E-state index in [0.717, 1.165) is 17.8 Å². The molecule has 0 aliphatic carbocycles. The van der Waals surface area contributed by atoms with Crippen LogP contribution in [0.4, 0.5) is 5.82 Å². The molecule has 0 saturated heterocycles. The number of nitrogens with one attached hydrogen (secondary N) is 1. The molecule has 0 spiro atoms. The van der Waals surface area contributed by atoms with Crippen molar-refractivity contribution in [3.63, 3.8) is 0 Å². The lowest BCUT2D eigenvalue weighted by Crippen LogP contribution is -2.27. The molecular formula is C22H33ClN4O4. The molecule has 0 atom stereocenters. The van der Waals surface area contributed by atoms with E-state index in [9.17, 15) is 9.90 Å². The third kappa shape index (κ3) is 7.97. The van der Waals surface area contributed by atoms with Gasteiger partial charge in [0.25, 0.3) is 5.91 Å². The molecule has 1 aromatic carbocycles. The average molecular weight is 453 g/mol. The Balaban J connectivity index is 0.00000233. The highest BCUT2D eigenvalue weighted by Crippen LogP contribution is 2.24. The number of hydrogen-bond donors (Lipinski definition) is 2. The quantitative estimate of drug-likeness (QED) is 0.480. The Morgan fingerprint density at radius 2 is 1.97 bits per heavy atom. The number of aliphatic hydroxyl groups excluding tert-OH is 1. The van der Waals surface area contributed by atoms with Crippen molar-refractivity contribution < 1.29 is 19.4 Å². The van der Waals surface area contributed by atoms with E-state index in [1.54, 1.807) is 7.05 Å². The molecule has 8 nitrogen and oxygen atoms in total. The van der Waals surface area contributed by atoms with Gasteiger partial charge in [-0.1, -0.05) is 23.7 Å². The summed E-state index contributed by atoms with van der Waals surface area (Å²) in [4.78, 5) is 27.5. The summed E-state index contributed by atoms with van der Waals surface area (Å²) in [6.45, 7) is 6.51. The van der Waals surface area contributed by atoms with E-state index in [1.165, 1.54) is 0 Å². The molecule has 0 aliphatic rings. The Hall–Kier alpha value is -2.42. The van der Waals surface area contributed by atoms with Gasteiger partial charge in [0, 0.05) is 58.4 Å². The Labute approximate surface area is 189 Å². The van der Waals surface area contributed by atoms with Crippen molar-refractivity contribution in [2.24, 2.45) is 0 Å². The summed E-state index contributed by atoms with van der Waals surface area (Å²) in [5.41, 5.74) is 1.56. The third-order valence-electron chi connectivity index (χ3n) is 4.63. The molecule has 1 amide bonds. The lowest BCUT2D eigenvalue weighted by atomic mass is 10.2. The van der Waals surface area contributed by atoms with E-state index in [0.29, 0.717) is 55.7 Å². The van der Waals surface area contributed by atoms with E-state index >= 15 is 0 Å². The summed E-state index contributed by atoms with van der Waals surface area (Å²) in [6.07, 6.45) is 2.12. The fourth-order valence-electron chi connectivity index (χ4n) is 3.12. The standard InChI is InChI=1S/C21H31ClN4O3.CH2O/c1-4-29-14-5-7-18-24-20(25(3)12-6-13-27)19(21(28)23-2)26(18)15-16-8-10-17(22)11-9-16;1-2/h8-11,27H,4-7,12-15H2,1-3H3,(H,23,28);1H2. The normalized spacial score (nSPS) is 10.4. The van der Waals surface area contributed by atoms with Gasteiger partial charge in [-0.15, -0.1) is 0 Å². The predicted octanol–water partition coefficient (Wildman–Crippen LogP) is 2.55. The van der Waals surface area contributed by atoms with Crippen molar-refractivity contribution >= 4 is 30.1 Å². The van der Waals surface area contributed by atoms with Crippen LogP contribution in [0.1, 0.15) is 41.6 Å². The van der Waals surface area contributed by atoms with E-state index < -0.39 is 0 Å². The van der Waals surface area contributed by atoms with Crippen LogP contribution in [0.15, 0.2) is 24.3 Å². The minimum atomic E-state index is -0.187. The van der Waals surface area contributed by atoms with Crippen molar-refractivity contribution in [3.05, 3.63) is 46.4 Å². The van der Waals surface area contributed by atoms with Crippen LogP contribution in [-0.2, 0) is 22.5 Å². The van der Waals surface area contributed by atoms with Gasteiger partial charge in [-0.2, -0.15) is 0 Å². The largest absolute Gasteiger partial charge is 0.396 e. The van der Waals surface area contributed by atoms with Gasteiger partial charge in [0.2, 0.25) is 0 Å². The SMILES string of the molecule is C=O.CCOCCCc1nc(N(C)CCCO)c(C(=O)NC)n1Cc1ccc(Cl)cc1. The van der Waals surface area contributed by atoms with Crippen molar-refractivity contribution in [3.8, 4) is 0 Å². The minimum Gasteiger partial charge on any atom is -0.396 e. The molecule has 1 heterocycles. The maximum absolute atomic E-state index is 12.8. The summed E-state index contributed by atoms with van der Waals surface area (Å²) >= 11 is 6.02. The van der Waals surface area contributed by atoms with E-state index in [1.807, 2.05) is 54.5 Å². The molecule has 2 rings (SSSR count). The number of carbonyl (C=O) groups is 2. The van der Waals surface area contributed by atoms with Crippen molar-refractivity contribution in [1.29, 1.82) is 0 Å². The Morgan fingerprint density at radius 3 is 2.55 bits per heavy atom. The zero-order valence-electron chi connectivity index (χ0n) is 18.6.